The van der Waals surface area contributed by atoms with Crippen molar-refractivity contribution in [1.29, 1.82) is 5.26 Å². The maximum absolute atomic E-state index is 17.5. The first kappa shape index (κ1) is 43.6. The van der Waals surface area contributed by atoms with Crippen LogP contribution in [-0.4, -0.2) is 119 Å². The number of nitriles is 1. The fourth-order valence-corrected chi connectivity index (χ4v) is 9.51. The lowest BCUT2D eigenvalue weighted by atomic mass is 9.93. The van der Waals surface area contributed by atoms with Crippen molar-refractivity contribution >= 4 is 55.2 Å². The molecule has 0 saturated carbocycles. The monoisotopic (exact) mass is 816 g/mol. The molecule has 3 saturated heterocycles. The summed E-state index contributed by atoms with van der Waals surface area (Å²) in [5.41, 5.74) is 8.01. The molecule has 2 bridgehead atoms. The number of thiophene rings is 1. The highest BCUT2D eigenvalue weighted by Gasteiger charge is 2.43. The Balaban J connectivity index is 0.000000807. The molecule has 0 spiro atoms. The Kier molecular flexibility index (Phi) is 15.4. The van der Waals surface area contributed by atoms with Gasteiger partial charge in [-0.2, -0.15) is 15.2 Å². The summed E-state index contributed by atoms with van der Waals surface area (Å²) in [6.07, 6.45) is 7.48. The van der Waals surface area contributed by atoms with Crippen LogP contribution < -0.4 is 15.4 Å². The van der Waals surface area contributed by atoms with Crippen LogP contribution in [0.2, 0.25) is 0 Å². The van der Waals surface area contributed by atoms with E-state index < -0.39 is 11.6 Å². The van der Waals surface area contributed by atoms with Crippen molar-refractivity contribution in [3.05, 3.63) is 34.5 Å². The van der Waals surface area contributed by atoms with Crippen LogP contribution in [-0.2, 0) is 22.7 Å². The molecule has 4 aromatic rings. The first-order valence-corrected chi connectivity index (χ1v) is 21.1. The fourth-order valence-electron chi connectivity index (χ4n) is 8.59. The molecule has 13 nitrogen and oxygen atoms in total. The molecule has 3 aromatic heterocycles. The van der Waals surface area contributed by atoms with Gasteiger partial charge in [0.1, 0.15) is 28.5 Å². The average Bonchev–Trinajstić information content (AvgIpc) is 3.99. The van der Waals surface area contributed by atoms with Gasteiger partial charge in [0.15, 0.2) is 11.6 Å². The van der Waals surface area contributed by atoms with Gasteiger partial charge < -0.3 is 34.5 Å². The zero-order chi connectivity index (χ0) is 40.7. The highest BCUT2D eigenvalue weighted by molar-refractivity contribution is 7.93. The predicted molar refractivity (Wildman–Crippen MR) is 219 cm³/mol. The summed E-state index contributed by atoms with van der Waals surface area (Å²) in [4.78, 5) is 21.4. The number of hydrogen-bond acceptors (Lipinski definition) is 15. The van der Waals surface area contributed by atoms with E-state index in [1.165, 1.54) is 0 Å². The van der Waals surface area contributed by atoms with Crippen LogP contribution in [0.1, 0.15) is 69.6 Å². The average molecular weight is 817 g/mol. The topological polar surface area (TPSA) is 166 Å². The first-order valence-electron chi connectivity index (χ1n) is 19.1. The third-order valence-electron chi connectivity index (χ3n) is 10.8. The van der Waals surface area contributed by atoms with E-state index in [1.807, 2.05) is 20.8 Å². The highest BCUT2D eigenvalue weighted by atomic mass is 32.2. The molecule has 56 heavy (non-hydrogen) atoms. The first-order chi connectivity index (χ1) is 27.2. The molecule has 4 aliphatic heterocycles. The summed E-state index contributed by atoms with van der Waals surface area (Å²) in [6.45, 7) is 10.8. The summed E-state index contributed by atoms with van der Waals surface area (Å²) >= 11 is 1.71. The van der Waals surface area contributed by atoms with Crippen LogP contribution in [0.25, 0.3) is 32.2 Å². The third kappa shape index (κ3) is 8.39. The van der Waals surface area contributed by atoms with Crippen LogP contribution in [0, 0.1) is 23.0 Å². The molecule has 3 fully saturated rings. The van der Waals surface area contributed by atoms with Crippen molar-refractivity contribution in [3.63, 3.8) is 0 Å². The second-order valence-corrected chi connectivity index (χ2v) is 15.3. The molecule has 4 unspecified atom stereocenters. The standard InChI is InChI=1S/C35H40F2N8O3S.C2H6.CH4OS.CH4O/c1-18(25-6-4-9-43(25)2)48-35-41-31-28(34(42-35)45-19-7-8-20(45)15-44(14-19)10-5-11-46-3)23-17-47-16-22(23)26(29(31)37)30-27-21(12-38)33(39)49-32(27)24(36)13-40-30;1-2;1-3-2;1-2/h13,18-20,25H,4-11,14-17,39H2,1-3H3;1-2H3;2H,1H3;2H,1H3. The number of piperazine rings is 1. The van der Waals surface area contributed by atoms with Crippen LogP contribution in [0.15, 0.2) is 6.20 Å². The Morgan fingerprint density at radius 1 is 1.12 bits per heavy atom. The van der Waals surface area contributed by atoms with Crippen molar-refractivity contribution in [3.8, 4) is 23.3 Å². The summed E-state index contributed by atoms with van der Waals surface area (Å²) < 4.78 is 57.9. The lowest BCUT2D eigenvalue weighted by molar-refractivity contribution is 0.112. The van der Waals surface area contributed by atoms with E-state index in [4.69, 9.17) is 39.6 Å². The smallest absolute Gasteiger partial charge is 0.319 e. The van der Waals surface area contributed by atoms with Crippen molar-refractivity contribution in [1.82, 2.24) is 24.8 Å². The van der Waals surface area contributed by atoms with Crippen molar-refractivity contribution < 1.29 is 32.7 Å². The number of benzene rings is 1. The van der Waals surface area contributed by atoms with E-state index in [0.717, 1.165) is 107 Å². The molecule has 7 heterocycles. The molecule has 0 amide bonds. The van der Waals surface area contributed by atoms with Gasteiger partial charge in [0, 0.05) is 75.8 Å². The van der Waals surface area contributed by atoms with Crippen LogP contribution in [0.5, 0.6) is 6.01 Å². The van der Waals surface area contributed by atoms with Gasteiger partial charge in [-0.25, -0.2) is 8.78 Å². The van der Waals surface area contributed by atoms with Gasteiger partial charge in [0.05, 0.1) is 40.8 Å². The number of hydrogen-bond donors (Lipinski definition) is 3. The number of halogens is 2. The van der Waals surface area contributed by atoms with Gasteiger partial charge in [0.25, 0.3) is 0 Å². The number of aliphatic hydroxyl groups is 1. The molecule has 0 radical (unpaired) electrons. The number of ether oxygens (including phenoxy) is 3. The molecule has 4 atom stereocenters. The number of pyridine rings is 1. The van der Waals surface area contributed by atoms with E-state index in [1.54, 1.807) is 13.4 Å². The van der Waals surface area contributed by atoms with Gasteiger partial charge in [0.2, 0.25) is 0 Å². The number of aromatic nitrogens is 3. The van der Waals surface area contributed by atoms with E-state index >= 15 is 8.78 Å². The number of anilines is 2. The molecule has 0 aliphatic carbocycles. The van der Waals surface area contributed by atoms with Crippen LogP contribution >= 0.6 is 23.4 Å². The molecule has 8 rings (SSSR count). The van der Waals surface area contributed by atoms with Gasteiger partial charge in [-0.3, -0.25) is 14.8 Å². The summed E-state index contributed by atoms with van der Waals surface area (Å²) in [6, 6.07) is 2.78. The quantitative estimate of drug-likeness (QED) is 0.121. The molecule has 1 aromatic carbocycles. The van der Waals surface area contributed by atoms with Crippen molar-refractivity contribution in [2.45, 2.75) is 90.3 Å². The number of fused-ring (bicyclic) bond motifs is 6. The zero-order valence-electron chi connectivity index (χ0n) is 33.3. The van der Waals surface area contributed by atoms with E-state index in [-0.39, 0.29) is 80.9 Å². The Morgan fingerprint density at radius 3 is 2.43 bits per heavy atom. The number of likely N-dealkylation sites (tertiary alicyclic amines) is 2. The SMILES string of the molecule is CC.CO.COCCCN1CC2CCC(C1)N2c1nc(OC(C)C2CCCN2C)nc2c(F)c(-c3ncc(F)c4sc(N)c(C#N)c34)c3c(c12)COC3.CSO. The lowest BCUT2D eigenvalue weighted by Crippen LogP contribution is -2.54. The van der Waals surface area contributed by atoms with Crippen molar-refractivity contribution in [2.24, 2.45) is 0 Å². The molecule has 17 heteroatoms. The summed E-state index contributed by atoms with van der Waals surface area (Å²) in [5, 5.41) is 18.0. The zero-order valence-corrected chi connectivity index (χ0v) is 34.9. The number of nitrogen functional groups attached to an aromatic ring is 1. The summed E-state index contributed by atoms with van der Waals surface area (Å²) in [5.74, 6) is -0.579. The lowest BCUT2D eigenvalue weighted by Gasteiger charge is -2.42. The number of nitrogens with two attached hydrogens (primary N) is 1. The number of likely N-dealkylation sites (N-methyl/N-ethyl adjacent to an activating group) is 1. The molecule has 4 aliphatic rings. The summed E-state index contributed by atoms with van der Waals surface area (Å²) in [7, 11) is 4.82. The van der Waals surface area contributed by atoms with Crippen molar-refractivity contribution in [2.75, 3.05) is 70.9 Å². The van der Waals surface area contributed by atoms with E-state index in [2.05, 4.69) is 32.8 Å². The van der Waals surface area contributed by atoms with Gasteiger partial charge >= 0.3 is 6.01 Å². The Hall–Kier alpha value is -3.47. The second-order valence-electron chi connectivity index (χ2n) is 13.9. The van der Waals surface area contributed by atoms with E-state index in [0.29, 0.717) is 16.8 Å². The Labute approximate surface area is 336 Å². The second kappa shape index (κ2) is 19.8. The normalized spacial score (nSPS) is 20.8. The minimum Gasteiger partial charge on any atom is -0.459 e. The minimum absolute atomic E-state index is 0.0796. The number of nitrogens with zero attached hydrogens (tertiary/aromatic N) is 7. The Morgan fingerprint density at radius 2 is 1.80 bits per heavy atom. The molecule has 4 N–H and O–H groups in total. The van der Waals surface area contributed by atoms with Gasteiger partial charge in [-0.05, 0) is 75.8 Å². The van der Waals surface area contributed by atoms with Crippen LogP contribution in [0.3, 0.4) is 0 Å². The maximum Gasteiger partial charge on any atom is 0.319 e. The third-order valence-corrected chi connectivity index (χ3v) is 11.9. The van der Waals surface area contributed by atoms with Gasteiger partial charge in [-0.15, -0.1) is 11.3 Å². The minimum atomic E-state index is -0.627. The molecular weight excluding hydrogens is 763 g/mol. The number of methoxy groups -OCH3 is 1. The highest BCUT2D eigenvalue weighted by Crippen LogP contribution is 2.48. The van der Waals surface area contributed by atoms with E-state index in [9.17, 15) is 5.26 Å². The Bertz CT molecular complexity index is 2000. The maximum atomic E-state index is 17.5. The number of rotatable bonds is 9. The number of aliphatic hydroxyl groups excluding tert-OH is 1. The largest absolute Gasteiger partial charge is 0.459 e. The van der Waals surface area contributed by atoms with Gasteiger partial charge in [-0.1, -0.05) is 13.8 Å². The van der Waals surface area contributed by atoms with Crippen LogP contribution in [0.4, 0.5) is 19.6 Å². The fraction of sp³-hybridized carbons (Fsp3) is 0.590. The molecule has 306 valence electrons. The predicted octanol–water partition coefficient (Wildman–Crippen LogP) is 6.68. The molecular formula is C39H54F2N8O5S2.